The molecular formula is C23H19N3O3. The van der Waals surface area contributed by atoms with Crippen LogP contribution in [0.1, 0.15) is 26.4 Å². The number of H-pyrrole nitrogens is 1. The third-order valence-corrected chi connectivity index (χ3v) is 4.74. The van der Waals surface area contributed by atoms with Crippen LogP contribution >= 0.6 is 0 Å². The molecule has 2 amide bonds. The van der Waals surface area contributed by atoms with Crippen LogP contribution in [0.4, 0.5) is 0 Å². The van der Waals surface area contributed by atoms with E-state index in [2.05, 4.69) is 10.3 Å². The van der Waals surface area contributed by atoms with Gasteiger partial charge in [-0.1, -0.05) is 54.6 Å². The quantitative estimate of drug-likeness (QED) is 0.310. The Hall–Kier alpha value is -3.90. The minimum atomic E-state index is -0.586. The number of benzene rings is 3. The SMILES string of the molecule is O=C(NCc1ccc(C(=O)NO)c(-c2ccccc2)c1)c1cc2ccccc2[nH]1. The molecule has 3 aromatic carbocycles. The highest BCUT2D eigenvalue weighted by atomic mass is 16.5. The van der Waals surface area contributed by atoms with E-state index in [0.29, 0.717) is 23.4 Å². The molecule has 0 unspecified atom stereocenters. The molecule has 0 spiro atoms. The summed E-state index contributed by atoms with van der Waals surface area (Å²) in [5.74, 6) is -0.794. The highest BCUT2D eigenvalue weighted by molar-refractivity contribution is 6.00. The van der Waals surface area contributed by atoms with Gasteiger partial charge in [-0.15, -0.1) is 0 Å². The lowest BCUT2D eigenvalue weighted by atomic mass is 9.97. The highest BCUT2D eigenvalue weighted by Crippen LogP contribution is 2.25. The van der Waals surface area contributed by atoms with Crippen molar-refractivity contribution in [3.63, 3.8) is 0 Å². The predicted molar refractivity (Wildman–Crippen MR) is 111 cm³/mol. The van der Waals surface area contributed by atoms with Crippen molar-refractivity contribution >= 4 is 22.7 Å². The van der Waals surface area contributed by atoms with Gasteiger partial charge in [-0.2, -0.15) is 0 Å². The van der Waals surface area contributed by atoms with E-state index in [1.807, 2.05) is 66.7 Å². The van der Waals surface area contributed by atoms with Gasteiger partial charge in [-0.3, -0.25) is 14.8 Å². The minimum absolute atomic E-state index is 0.209. The number of nitrogens with one attached hydrogen (secondary N) is 3. The topological polar surface area (TPSA) is 94.2 Å². The van der Waals surface area contributed by atoms with E-state index in [4.69, 9.17) is 5.21 Å². The summed E-state index contributed by atoms with van der Waals surface area (Å²) in [7, 11) is 0. The Morgan fingerprint density at radius 1 is 0.862 bits per heavy atom. The fourth-order valence-corrected chi connectivity index (χ4v) is 3.29. The molecule has 0 fully saturated rings. The molecular weight excluding hydrogens is 366 g/mol. The van der Waals surface area contributed by atoms with Crippen LogP contribution < -0.4 is 10.8 Å². The fraction of sp³-hybridized carbons (Fsp3) is 0.0435. The number of amides is 2. The number of aromatic nitrogens is 1. The molecule has 0 saturated heterocycles. The maximum atomic E-state index is 12.5. The zero-order chi connectivity index (χ0) is 20.2. The summed E-state index contributed by atoms with van der Waals surface area (Å²) in [6.07, 6.45) is 0. The number of aromatic amines is 1. The number of para-hydroxylation sites is 1. The highest BCUT2D eigenvalue weighted by Gasteiger charge is 2.14. The van der Waals surface area contributed by atoms with E-state index in [1.165, 1.54) is 0 Å². The molecule has 4 aromatic rings. The molecule has 144 valence electrons. The van der Waals surface area contributed by atoms with Crippen molar-refractivity contribution in [1.29, 1.82) is 0 Å². The Morgan fingerprint density at radius 3 is 2.38 bits per heavy atom. The van der Waals surface area contributed by atoms with Crippen molar-refractivity contribution in [2.45, 2.75) is 6.54 Å². The first kappa shape index (κ1) is 18.5. The molecule has 29 heavy (non-hydrogen) atoms. The first-order valence-corrected chi connectivity index (χ1v) is 9.14. The van der Waals surface area contributed by atoms with Crippen LogP contribution in [-0.2, 0) is 6.54 Å². The van der Waals surface area contributed by atoms with Crippen molar-refractivity contribution in [3.8, 4) is 11.1 Å². The van der Waals surface area contributed by atoms with E-state index in [-0.39, 0.29) is 5.91 Å². The Balaban J connectivity index is 1.57. The van der Waals surface area contributed by atoms with E-state index in [1.54, 1.807) is 17.6 Å². The lowest BCUT2D eigenvalue weighted by Crippen LogP contribution is -2.23. The molecule has 1 aromatic heterocycles. The van der Waals surface area contributed by atoms with Gasteiger partial charge in [-0.05, 0) is 41.0 Å². The van der Waals surface area contributed by atoms with Crippen molar-refractivity contribution in [2.24, 2.45) is 0 Å². The van der Waals surface area contributed by atoms with E-state index < -0.39 is 5.91 Å². The number of hydroxylamine groups is 1. The summed E-state index contributed by atoms with van der Waals surface area (Å²) in [5, 5.41) is 12.9. The predicted octanol–water partition coefficient (Wildman–Crippen LogP) is 3.88. The first-order valence-electron chi connectivity index (χ1n) is 9.14. The first-order chi connectivity index (χ1) is 14.2. The Morgan fingerprint density at radius 2 is 1.62 bits per heavy atom. The molecule has 0 radical (unpaired) electrons. The van der Waals surface area contributed by atoms with Crippen LogP contribution in [0.15, 0.2) is 78.9 Å². The number of hydrogen-bond acceptors (Lipinski definition) is 3. The van der Waals surface area contributed by atoms with Gasteiger partial charge in [0.25, 0.3) is 11.8 Å². The molecule has 0 bridgehead atoms. The second-order valence-corrected chi connectivity index (χ2v) is 6.64. The van der Waals surface area contributed by atoms with Crippen molar-refractivity contribution in [1.82, 2.24) is 15.8 Å². The number of hydrogen-bond donors (Lipinski definition) is 4. The Kier molecular flexibility index (Phi) is 5.09. The molecule has 4 rings (SSSR count). The van der Waals surface area contributed by atoms with Gasteiger partial charge in [0.05, 0.1) is 0 Å². The maximum Gasteiger partial charge on any atom is 0.275 e. The molecule has 0 aliphatic rings. The van der Waals surface area contributed by atoms with Crippen LogP contribution in [0.2, 0.25) is 0 Å². The molecule has 1 heterocycles. The van der Waals surface area contributed by atoms with Gasteiger partial charge in [-0.25, -0.2) is 5.48 Å². The zero-order valence-corrected chi connectivity index (χ0v) is 15.5. The second-order valence-electron chi connectivity index (χ2n) is 6.64. The fourth-order valence-electron chi connectivity index (χ4n) is 3.29. The summed E-state index contributed by atoms with van der Waals surface area (Å²) < 4.78 is 0. The summed E-state index contributed by atoms with van der Waals surface area (Å²) in [4.78, 5) is 27.7. The summed E-state index contributed by atoms with van der Waals surface area (Å²) in [6.45, 7) is 0.301. The second kappa shape index (κ2) is 8.00. The normalized spacial score (nSPS) is 10.7. The number of rotatable bonds is 5. The molecule has 6 nitrogen and oxygen atoms in total. The molecule has 0 saturated carbocycles. The third-order valence-electron chi connectivity index (χ3n) is 4.74. The van der Waals surface area contributed by atoms with Gasteiger partial charge < -0.3 is 10.3 Å². The standard InChI is InChI=1S/C23H19N3O3/c27-22(26-29)18-11-10-15(12-19(18)16-6-2-1-3-7-16)14-24-23(28)21-13-17-8-4-5-9-20(17)25-21/h1-13,25,29H,14H2,(H,24,28)(H,26,27). The summed E-state index contributed by atoms with van der Waals surface area (Å²) >= 11 is 0. The van der Waals surface area contributed by atoms with E-state index in [9.17, 15) is 9.59 Å². The Labute approximate surface area is 167 Å². The van der Waals surface area contributed by atoms with Crippen LogP contribution in [0, 0.1) is 0 Å². The van der Waals surface area contributed by atoms with Crippen molar-refractivity contribution in [3.05, 3.63) is 95.7 Å². The van der Waals surface area contributed by atoms with E-state index >= 15 is 0 Å². The molecule has 0 atom stereocenters. The Bertz CT molecular complexity index is 1150. The van der Waals surface area contributed by atoms with Crippen LogP contribution in [0.5, 0.6) is 0 Å². The molecule has 6 heteroatoms. The maximum absolute atomic E-state index is 12.5. The van der Waals surface area contributed by atoms with Gasteiger partial charge in [0.2, 0.25) is 0 Å². The molecule has 0 aliphatic heterocycles. The van der Waals surface area contributed by atoms with Crippen LogP contribution in [0.3, 0.4) is 0 Å². The molecule has 4 N–H and O–H groups in total. The number of carbonyl (C=O) groups excluding carboxylic acids is 2. The third kappa shape index (κ3) is 3.88. The number of carbonyl (C=O) groups is 2. The summed E-state index contributed by atoms with van der Waals surface area (Å²) in [6, 6.07) is 24.2. The zero-order valence-electron chi connectivity index (χ0n) is 15.5. The van der Waals surface area contributed by atoms with E-state index in [0.717, 1.165) is 22.0 Å². The van der Waals surface area contributed by atoms with Gasteiger partial charge in [0, 0.05) is 23.0 Å². The van der Waals surface area contributed by atoms with Crippen molar-refractivity contribution in [2.75, 3.05) is 0 Å². The van der Waals surface area contributed by atoms with Crippen LogP contribution in [0.25, 0.3) is 22.0 Å². The van der Waals surface area contributed by atoms with Crippen LogP contribution in [-0.4, -0.2) is 22.0 Å². The lowest BCUT2D eigenvalue weighted by Gasteiger charge is -2.11. The smallest absolute Gasteiger partial charge is 0.275 e. The van der Waals surface area contributed by atoms with Gasteiger partial charge in [0.15, 0.2) is 0 Å². The largest absolute Gasteiger partial charge is 0.351 e. The monoisotopic (exact) mass is 385 g/mol. The van der Waals surface area contributed by atoms with Gasteiger partial charge >= 0.3 is 0 Å². The average Bonchev–Trinajstić information content (AvgIpc) is 3.22. The average molecular weight is 385 g/mol. The lowest BCUT2D eigenvalue weighted by molar-refractivity contribution is 0.0707. The minimum Gasteiger partial charge on any atom is -0.351 e. The summed E-state index contributed by atoms with van der Waals surface area (Å²) in [5.41, 5.74) is 5.79. The van der Waals surface area contributed by atoms with Gasteiger partial charge in [0.1, 0.15) is 5.69 Å². The van der Waals surface area contributed by atoms with Crippen molar-refractivity contribution < 1.29 is 14.8 Å². The number of fused-ring (bicyclic) bond motifs is 1. The molecule has 0 aliphatic carbocycles.